The zero-order chi connectivity index (χ0) is 16.2. The van der Waals surface area contributed by atoms with E-state index in [1.54, 1.807) is 12.1 Å². The van der Waals surface area contributed by atoms with Gasteiger partial charge in [0.1, 0.15) is 18.8 Å². The lowest BCUT2D eigenvalue weighted by Gasteiger charge is -2.03. The number of rotatable bonds is 9. The highest BCUT2D eigenvalue weighted by Gasteiger charge is 2.06. The van der Waals surface area contributed by atoms with E-state index in [1.807, 2.05) is 18.2 Å². The Labute approximate surface area is 129 Å². The number of nitrogens with zero attached hydrogens (tertiary/aromatic N) is 1. The van der Waals surface area contributed by atoms with Crippen LogP contribution in [-0.4, -0.2) is 31.2 Å². The lowest BCUT2D eigenvalue weighted by atomic mass is 10.2. The van der Waals surface area contributed by atoms with E-state index in [9.17, 15) is 9.59 Å². The lowest BCUT2D eigenvalue weighted by molar-refractivity contribution is -0.129. The molecular formula is C16H19N3O3. The van der Waals surface area contributed by atoms with Gasteiger partial charge in [-0.3, -0.25) is 9.59 Å². The fourth-order valence-electron chi connectivity index (χ4n) is 1.45. The quantitative estimate of drug-likeness (QED) is 0.313. The van der Waals surface area contributed by atoms with Crippen molar-refractivity contribution < 1.29 is 14.3 Å². The van der Waals surface area contributed by atoms with Gasteiger partial charge in [0.05, 0.1) is 6.21 Å². The van der Waals surface area contributed by atoms with E-state index in [4.69, 9.17) is 4.74 Å². The lowest BCUT2D eigenvalue weighted by Crippen LogP contribution is -2.29. The van der Waals surface area contributed by atoms with Crippen molar-refractivity contribution in [3.63, 3.8) is 0 Å². The summed E-state index contributed by atoms with van der Waals surface area (Å²) in [4.78, 5) is 22.8. The first-order chi connectivity index (χ1) is 10.7. The van der Waals surface area contributed by atoms with Crippen molar-refractivity contribution in [2.24, 2.45) is 5.10 Å². The normalized spacial score (nSPS) is 10.0. The molecular weight excluding hydrogens is 282 g/mol. The zero-order valence-electron chi connectivity index (χ0n) is 12.2. The topological polar surface area (TPSA) is 79.8 Å². The number of hydrazone groups is 1. The Morgan fingerprint density at radius 2 is 2.05 bits per heavy atom. The van der Waals surface area contributed by atoms with Gasteiger partial charge in [-0.2, -0.15) is 5.10 Å². The fraction of sp³-hybridized carbons (Fsp3) is 0.188. The standard InChI is InChI=1S/C16H19N3O3/c1-3-8-17-15(20)11-16(21)19-18-12-13-6-5-7-14(10-13)22-9-4-2/h3-7,10,12H,1-2,8-9,11H2,(H,17,20)(H,19,21)/b18-12+. The third-order valence-corrected chi connectivity index (χ3v) is 2.39. The molecule has 0 saturated heterocycles. The highest BCUT2D eigenvalue weighted by atomic mass is 16.5. The summed E-state index contributed by atoms with van der Waals surface area (Å²) in [7, 11) is 0. The van der Waals surface area contributed by atoms with Crippen LogP contribution in [-0.2, 0) is 9.59 Å². The van der Waals surface area contributed by atoms with E-state index in [1.165, 1.54) is 12.3 Å². The van der Waals surface area contributed by atoms with Gasteiger partial charge >= 0.3 is 0 Å². The molecule has 1 aromatic carbocycles. The molecule has 0 unspecified atom stereocenters. The first-order valence-electron chi connectivity index (χ1n) is 6.69. The van der Waals surface area contributed by atoms with Crippen molar-refractivity contribution in [1.29, 1.82) is 0 Å². The van der Waals surface area contributed by atoms with Crippen LogP contribution in [0, 0.1) is 0 Å². The zero-order valence-corrected chi connectivity index (χ0v) is 12.2. The van der Waals surface area contributed by atoms with Gasteiger partial charge in [-0.1, -0.05) is 30.9 Å². The van der Waals surface area contributed by atoms with Gasteiger partial charge in [0.2, 0.25) is 11.8 Å². The average molecular weight is 301 g/mol. The molecule has 6 nitrogen and oxygen atoms in total. The molecule has 116 valence electrons. The van der Waals surface area contributed by atoms with E-state index < -0.39 is 5.91 Å². The maximum Gasteiger partial charge on any atom is 0.249 e. The molecule has 1 rings (SSSR count). The van der Waals surface area contributed by atoms with Gasteiger partial charge in [-0.15, -0.1) is 6.58 Å². The molecule has 0 atom stereocenters. The Morgan fingerprint density at radius 1 is 1.23 bits per heavy atom. The monoisotopic (exact) mass is 301 g/mol. The summed E-state index contributed by atoms with van der Waals surface area (Å²) in [5.74, 6) is -0.191. The van der Waals surface area contributed by atoms with Crippen LogP contribution in [0.25, 0.3) is 0 Å². The molecule has 6 heteroatoms. The Balaban J connectivity index is 2.44. The SMILES string of the molecule is C=CCNC(=O)CC(=O)N/N=C/c1cccc(OCC=C)c1. The summed E-state index contributed by atoms with van der Waals surface area (Å²) >= 11 is 0. The van der Waals surface area contributed by atoms with Crippen LogP contribution < -0.4 is 15.5 Å². The largest absolute Gasteiger partial charge is 0.490 e. The number of ether oxygens (including phenoxy) is 1. The minimum atomic E-state index is -0.489. The molecule has 22 heavy (non-hydrogen) atoms. The van der Waals surface area contributed by atoms with Crippen LogP contribution in [0.1, 0.15) is 12.0 Å². The highest BCUT2D eigenvalue weighted by molar-refractivity contribution is 5.97. The van der Waals surface area contributed by atoms with Crippen molar-refractivity contribution in [3.05, 3.63) is 55.1 Å². The molecule has 0 aliphatic carbocycles. The van der Waals surface area contributed by atoms with Crippen LogP contribution in [0.4, 0.5) is 0 Å². The maximum absolute atomic E-state index is 11.5. The minimum Gasteiger partial charge on any atom is -0.490 e. The van der Waals surface area contributed by atoms with Crippen LogP contribution in [0.2, 0.25) is 0 Å². The van der Waals surface area contributed by atoms with Gasteiger partial charge in [0.25, 0.3) is 0 Å². The van der Waals surface area contributed by atoms with Crippen molar-refractivity contribution in [2.45, 2.75) is 6.42 Å². The summed E-state index contributed by atoms with van der Waals surface area (Å²) < 4.78 is 5.39. The summed E-state index contributed by atoms with van der Waals surface area (Å²) in [6, 6.07) is 7.21. The van der Waals surface area contributed by atoms with E-state index in [-0.39, 0.29) is 12.3 Å². The van der Waals surface area contributed by atoms with Crippen LogP contribution in [0.5, 0.6) is 5.75 Å². The predicted molar refractivity (Wildman–Crippen MR) is 85.7 cm³/mol. The second kappa shape index (κ2) is 9.93. The molecule has 0 fully saturated rings. The van der Waals surface area contributed by atoms with Gasteiger partial charge in [-0.25, -0.2) is 5.43 Å². The van der Waals surface area contributed by atoms with Crippen molar-refractivity contribution >= 4 is 18.0 Å². The molecule has 0 aliphatic rings. The van der Waals surface area contributed by atoms with Crippen molar-refractivity contribution in [2.75, 3.05) is 13.2 Å². The molecule has 2 N–H and O–H groups in total. The van der Waals surface area contributed by atoms with Crippen LogP contribution >= 0.6 is 0 Å². The van der Waals surface area contributed by atoms with E-state index in [0.717, 1.165) is 5.56 Å². The van der Waals surface area contributed by atoms with Crippen LogP contribution in [0.15, 0.2) is 54.7 Å². The Bertz CT molecular complexity index is 568. The molecule has 1 aromatic rings. The molecule has 0 spiro atoms. The van der Waals surface area contributed by atoms with Gasteiger partial charge < -0.3 is 10.1 Å². The van der Waals surface area contributed by atoms with Gasteiger partial charge in [0, 0.05) is 6.54 Å². The molecule has 0 bridgehead atoms. The maximum atomic E-state index is 11.5. The van der Waals surface area contributed by atoms with Gasteiger partial charge in [0.15, 0.2) is 0 Å². The highest BCUT2D eigenvalue weighted by Crippen LogP contribution is 2.11. The Morgan fingerprint density at radius 3 is 2.77 bits per heavy atom. The van der Waals surface area contributed by atoms with Crippen LogP contribution in [0.3, 0.4) is 0 Å². The molecule has 0 heterocycles. The van der Waals surface area contributed by atoms with Crippen molar-refractivity contribution in [1.82, 2.24) is 10.7 Å². The average Bonchev–Trinajstić information content (AvgIpc) is 2.51. The predicted octanol–water partition coefficient (Wildman–Crippen LogP) is 1.39. The minimum absolute atomic E-state index is 0.284. The third-order valence-electron chi connectivity index (χ3n) is 2.39. The Hall–Kier alpha value is -2.89. The molecule has 0 saturated carbocycles. The number of hydrogen-bond acceptors (Lipinski definition) is 4. The third kappa shape index (κ3) is 7.04. The number of benzene rings is 1. The number of amides is 2. The van der Waals surface area contributed by atoms with E-state index in [2.05, 4.69) is 29.0 Å². The van der Waals surface area contributed by atoms with Gasteiger partial charge in [-0.05, 0) is 17.7 Å². The number of carbonyl (C=O) groups is 2. The number of hydrogen-bond donors (Lipinski definition) is 2. The Kier molecular flexibility index (Phi) is 7.74. The van der Waals surface area contributed by atoms with E-state index in [0.29, 0.717) is 18.9 Å². The second-order valence-electron chi connectivity index (χ2n) is 4.23. The second-order valence-corrected chi connectivity index (χ2v) is 4.23. The summed E-state index contributed by atoms with van der Waals surface area (Å²) in [6.07, 6.45) is 4.38. The fourth-order valence-corrected chi connectivity index (χ4v) is 1.45. The first-order valence-corrected chi connectivity index (χ1v) is 6.69. The molecule has 0 aliphatic heterocycles. The molecule has 2 amide bonds. The van der Waals surface area contributed by atoms with Crippen molar-refractivity contribution in [3.8, 4) is 5.75 Å². The molecule has 0 radical (unpaired) electrons. The first kappa shape index (κ1) is 17.2. The summed E-state index contributed by atoms with van der Waals surface area (Å²) in [6.45, 7) is 7.78. The smallest absolute Gasteiger partial charge is 0.249 e. The molecule has 0 aromatic heterocycles. The number of nitrogens with one attached hydrogen (secondary N) is 2. The summed E-state index contributed by atoms with van der Waals surface area (Å²) in [5, 5.41) is 6.30. The summed E-state index contributed by atoms with van der Waals surface area (Å²) in [5.41, 5.74) is 3.05. The number of carbonyl (C=O) groups excluding carboxylic acids is 2. The van der Waals surface area contributed by atoms with E-state index >= 15 is 0 Å².